The van der Waals surface area contributed by atoms with E-state index in [1.807, 2.05) is 30.3 Å². The number of benzene rings is 3. The number of rotatable bonds is 12. The molecule has 0 spiro atoms. The van der Waals surface area contributed by atoms with Crippen molar-refractivity contribution in [3.63, 3.8) is 0 Å². The zero-order valence-electron chi connectivity index (χ0n) is 22.1. The van der Waals surface area contributed by atoms with Gasteiger partial charge in [-0.25, -0.2) is 9.78 Å². The van der Waals surface area contributed by atoms with E-state index in [1.165, 1.54) is 4.57 Å². The molecule has 0 aliphatic rings. The lowest BCUT2D eigenvalue weighted by Gasteiger charge is -2.13. The number of esters is 1. The van der Waals surface area contributed by atoms with Gasteiger partial charge in [0.1, 0.15) is 0 Å². The number of carbonyl (C=O) groups is 3. The molecule has 1 heterocycles. The van der Waals surface area contributed by atoms with Gasteiger partial charge >= 0.3 is 5.97 Å². The molecule has 0 aliphatic heterocycles. The number of ether oxygens (including phenoxy) is 1. The summed E-state index contributed by atoms with van der Waals surface area (Å²) >= 11 is 1.12. The highest BCUT2D eigenvalue weighted by atomic mass is 32.2. The van der Waals surface area contributed by atoms with E-state index in [0.29, 0.717) is 40.3 Å². The molecule has 2 N–H and O–H groups in total. The van der Waals surface area contributed by atoms with Gasteiger partial charge in [-0.3, -0.25) is 19.0 Å². The van der Waals surface area contributed by atoms with Crippen LogP contribution in [-0.2, 0) is 27.3 Å². The molecule has 0 atom stereocenters. The summed E-state index contributed by atoms with van der Waals surface area (Å²) in [6.45, 7) is 2.64. The summed E-state index contributed by atoms with van der Waals surface area (Å²) in [5.74, 6) is -0.910. The van der Waals surface area contributed by atoms with Gasteiger partial charge in [-0.15, -0.1) is 0 Å². The van der Waals surface area contributed by atoms with Crippen molar-refractivity contribution in [1.82, 2.24) is 14.9 Å². The van der Waals surface area contributed by atoms with E-state index in [1.54, 1.807) is 55.5 Å². The molecule has 0 saturated carbocycles. The quantitative estimate of drug-likeness (QED) is 0.153. The summed E-state index contributed by atoms with van der Waals surface area (Å²) in [7, 11) is 0. The normalized spacial score (nSPS) is 10.7. The van der Waals surface area contributed by atoms with Crippen LogP contribution in [0, 0.1) is 0 Å². The van der Waals surface area contributed by atoms with Gasteiger partial charge < -0.3 is 15.4 Å². The molecule has 40 heavy (non-hydrogen) atoms. The van der Waals surface area contributed by atoms with Crippen LogP contribution in [0.3, 0.4) is 0 Å². The molecule has 0 radical (unpaired) electrons. The Morgan fingerprint density at radius 1 is 0.925 bits per heavy atom. The first-order valence-electron chi connectivity index (χ1n) is 12.9. The predicted molar refractivity (Wildman–Crippen MR) is 156 cm³/mol. The number of nitrogens with one attached hydrogen (secondary N) is 2. The summed E-state index contributed by atoms with van der Waals surface area (Å²) in [4.78, 5) is 54.9. The zero-order valence-corrected chi connectivity index (χ0v) is 22.9. The van der Waals surface area contributed by atoms with Crippen LogP contribution < -0.4 is 16.2 Å². The molecule has 3 aromatic carbocycles. The molecule has 0 saturated heterocycles. The van der Waals surface area contributed by atoms with Crippen molar-refractivity contribution in [1.29, 1.82) is 0 Å². The molecule has 0 aliphatic carbocycles. The number of thioether (sulfide) groups is 1. The molecule has 1 aromatic heterocycles. The Hall–Kier alpha value is -4.44. The van der Waals surface area contributed by atoms with Crippen molar-refractivity contribution in [2.24, 2.45) is 0 Å². The molecule has 206 valence electrons. The summed E-state index contributed by atoms with van der Waals surface area (Å²) < 4.78 is 6.42. The van der Waals surface area contributed by atoms with Gasteiger partial charge in [0, 0.05) is 25.2 Å². The second-order valence-electron chi connectivity index (χ2n) is 8.84. The number of anilines is 1. The fourth-order valence-corrected chi connectivity index (χ4v) is 4.80. The molecule has 2 amide bonds. The van der Waals surface area contributed by atoms with Crippen LogP contribution in [0.2, 0.25) is 0 Å². The third-order valence-electron chi connectivity index (χ3n) is 5.98. The first-order chi connectivity index (χ1) is 19.4. The average Bonchev–Trinajstić information content (AvgIpc) is 2.97. The van der Waals surface area contributed by atoms with Crippen molar-refractivity contribution in [2.75, 3.05) is 24.2 Å². The van der Waals surface area contributed by atoms with Crippen LogP contribution in [0.4, 0.5) is 5.69 Å². The fraction of sp³-hybridized carbons (Fsp3) is 0.233. The van der Waals surface area contributed by atoms with Crippen LogP contribution in [0.1, 0.15) is 29.3 Å². The molecule has 9 nitrogen and oxygen atoms in total. The molecule has 0 unspecified atom stereocenters. The van der Waals surface area contributed by atoms with E-state index >= 15 is 0 Å². The van der Waals surface area contributed by atoms with E-state index in [9.17, 15) is 19.2 Å². The van der Waals surface area contributed by atoms with Crippen molar-refractivity contribution in [3.8, 4) is 0 Å². The Balaban J connectivity index is 1.39. The van der Waals surface area contributed by atoms with E-state index in [4.69, 9.17) is 4.74 Å². The highest BCUT2D eigenvalue weighted by molar-refractivity contribution is 7.99. The molecule has 4 rings (SSSR count). The highest BCUT2D eigenvalue weighted by Gasteiger charge is 2.15. The maximum Gasteiger partial charge on any atom is 0.338 e. The molecule has 10 heteroatoms. The first-order valence-corrected chi connectivity index (χ1v) is 13.9. The SMILES string of the molecule is CCOC(=O)c1ccc(NC(=O)CSc2nc3ccccc3c(=O)n2CCC(=O)NCCc2ccccc2)cc1. The van der Waals surface area contributed by atoms with Gasteiger partial charge in [0.05, 0.1) is 28.8 Å². The standard InChI is InChI=1S/C30H30N4O5S/c1-2-39-29(38)22-12-14-23(15-13-22)32-27(36)20-40-30-33-25-11-7-6-10-24(25)28(37)34(30)19-17-26(35)31-18-16-21-8-4-3-5-9-21/h3-15H,2,16-20H2,1H3,(H,31,35)(H,32,36). The Labute approximate surface area is 236 Å². The lowest BCUT2D eigenvalue weighted by atomic mass is 10.1. The number of fused-ring (bicyclic) bond motifs is 1. The molecule has 4 aromatic rings. The van der Waals surface area contributed by atoms with Crippen molar-refractivity contribution >= 4 is 46.1 Å². The van der Waals surface area contributed by atoms with Gasteiger partial charge in [-0.2, -0.15) is 0 Å². The monoisotopic (exact) mass is 558 g/mol. The first kappa shape index (κ1) is 28.6. The van der Waals surface area contributed by atoms with E-state index in [-0.39, 0.29) is 42.7 Å². The van der Waals surface area contributed by atoms with Gasteiger partial charge in [-0.1, -0.05) is 54.2 Å². The lowest BCUT2D eigenvalue weighted by Crippen LogP contribution is -2.30. The van der Waals surface area contributed by atoms with Crippen LogP contribution in [0.5, 0.6) is 0 Å². The summed E-state index contributed by atoms with van der Waals surface area (Å²) in [5, 5.41) is 6.48. The van der Waals surface area contributed by atoms with E-state index in [0.717, 1.165) is 17.3 Å². The zero-order chi connectivity index (χ0) is 28.3. The topological polar surface area (TPSA) is 119 Å². The average molecular weight is 559 g/mol. The van der Waals surface area contributed by atoms with Gasteiger partial charge in [-0.05, 0) is 55.3 Å². The second-order valence-corrected chi connectivity index (χ2v) is 9.78. The van der Waals surface area contributed by atoms with E-state index in [2.05, 4.69) is 15.6 Å². The minimum Gasteiger partial charge on any atom is -0.462 e. The van der Waals surface area contributed by atoms with Crippen LogP contribution >= 0.6 is 11.8 Å². The molecule has 0 bridgehead atoms. The summed E-state index contributed by atoms with van der Waals surface area (Å²) in [6.07, 6.45) is 0.813. The number of para-hydroxylation sites is 1. The Morgan fingerprint density at radius 2 is 1.65 bits per heavy atom. The van der Waals surface area contributed by atoms with E-state index < -0.39 is 5.97 Å². The smallest absolute Gasteiger partial charge is 0.338 e. The van der Waals surface area contributed by atoms with Crippen molar-refractivity contribution in [2.45, 2.75) is 31.5 Å². The Kier molecular flexibility index (Phi) is 10.1. The number of hydrogen-bond donors (Lipinski definition) is 2. The van der Waals surface area contributed by atoms with Crippen LogP contribution in [0.25, 0.3) is 10.9 Å². The van der Waals surface area contributed by atoms with Gasteiger partial charge in [0.15, 0.2) is 5.16 Å². The number of nitrogens with zero attached hydrogens (tertiary/aromatic N) is 2. The largest absolute Gasteiger partial charge is 0.462 e. The number of amides is 2. The third-order valence-corrected chi connectivity index (χ3v) is 6.96. The van der Waals surface area contributed by atoms with Gasteiger partial charge in [0.2, 0.25) is 11.8 Å². The Morgan fingerprint density at radius 3 is 2.40 bits per heavy atom. The number of hydrogen-bond acceptors (Lipinski definition) is 7. The predicted octanol–water partition coefficient (Wildman–Crippen LogP) is 4.05. The van der Waals surface area contributed by atoms with Gasteiger partial charge in [0.25, 0.3) is 5.56 Å². The molecule has 0 fully saturated rings. The van der Waals surface area contributed by atoms with Crippen molar-refractivity contribution in [3.05, 3.63) is 100 Å². The van der Waals surface area contributed by atoms with Crippen LogP contribution in [0.15, 0.2) is 88.8 Å². The third kappa shape index (κ3) is 7.79. The van der Waals surface area contributed by atoms with Crippen LogP contribution in [-0.4, -0.2) is 46.2 Å². The highest BCUT2D eigenvalue weighted by Crippen LogP contribution is 2.19. The molecular formula is C30H30N4O5S. The maximum absolute atomic E-state index is 13.3. The minimum absolute atomic E-state index is 0.00627. The maximum atomic E-state index is 13.3. The summed E-state index contributed by atoms with van der Waals surface area (Å²) in [6, 6.07) is 23.3. The number of carbonyl (C=O) groups excluding carboxylic acids is 3. The van der Waals surface area contributed by atoms with Crippen molar-refractivity contribution < 1.29 is 19.1 Å². The lowest BCUT2D eigenvalue weighted by molar-refractivity contribution is -0.121. The fourth-order valence-electron chi connectivity index (χ4n) is 3.98. The minimum atomic E-state index is -0.429. The molecular weight excluding hydrogens is 528 g/mol. The number of aromatic nitrogens is 2. The summed E-state index contributed by atoms with van der Waals surface area (Å²) in [5.41, 5.74) is 2.30. The second kappa shape index (κ2) is 14.1. The Bertz CT molecular complexity index is 1540.